The van der Waals surface area contributed by atoms with Gasteiger partial charge < -0.3 is 24.2 Å². The summed E-state index contributed by atoms with van der Waals surface area (Å²) in [5.74, 6) is 0. The molecule has 0 aromatic heterocycles. The van der Waals surface area contributed by atoms with Crippen LogP contribution in [0.4, 0.5) is 5.69 Å². The molecule has 0 bridgehead atoms. The Morgan fingerprint density at radius 3 is 1.75 bits per heavy atom. The molecule has 2 aromatic rings. The van der Waals surface area contributed by atoms with Crippen molar-refractivity contribution >= 4 is 34.9 Å². The van der Waals surface area contributed by atoms with E-state index in [9.17, 15) is 8.42 Å². The molecular weight excluding hydrogens is 591 g/mol. The van der Waals surface area contributed by atoms with Crippen molar-refractivity contribution in [1.29, 1.82) is 0 Å². The lowest BCUT2D eigenvalue weighted by Crippen LogP contribution is -2.42. The van der Waals surface area contributed by atoms with E-state index in [1.54, 1.807) is 6.07 Å². The summed E-state index contributed by atoms with van der Waals surface area (Å²) in [7, 11) is 3.90. The Morgan fingerprint density at radius 2 is 1.27 bits per heavy atom. The maximum absolute atomic E-state index is 13.1. The zero-order chi connectivity index (χ0) is 34.6. The summed E-state index contributed by atoms with van der Waals surface area (Å²) in [6, 6.07) is 11.2. The van der Waals surface area contributed by atoms with Crippen molar-refractivity contribution in [2.45, 2.75) is 92.9 Å². The summed E-state index contributed by atoms with van der Waals surface area (Å²) in [6.07, 6.45) is 5.22. The molecule has 0 aliphatic heterocycles. The highest BCUT2D eigenvalue weighted by atomic mass is 32.2. The Hall–Kier alpha value is -1.32. The number of nitrogens with zero attached hydrogens (tertiary/aromatic N) is 2. The van der Waals surface area contributed by atoms with E-state index in [1.807, 2.05) is 83.9 Å². The van der Waals surface area contributed by atoms with E-state index in [4.69, 9.17) is 14.8 Å². The molecule has 44 heavy (non-hydrogen) atoms. The molecule has 3 N–H and O–H groups in total. The standard InChI is InChI=1S/C24H41N3O4PS.2C3H8.C2H7N.C2H6/c1-7-30-32(31-8-2)20-12-19-27(5,6)18-11-17-25-33(28,29)24-16-10-13-21-22(24)14-9-15-23(21)26(3)4;2*1-3-2;1-2-3;1-2/h9-10,13-16,25H,7-8,11-12,17-20H2,1-6H3;2*3H2,1-2H3;2-3H2,1H3;1-2H3/q+1;;;;. The molecule has 0 heterocycles. The number of sulfonamides is 1. The van der Waals surface area contributed by atoms with Gasteiger partial charge in [-0.25, -0.2) is 13.1 Å². The van der Waals surface area contributed by atoms with Gasteiger partial charge in [0, 0.05) is 56.1 Å². The number of nitrogens with one attached hydrogen (secondary N) is 1. The van der Waals surface area contributed by atoms with Crippen LogP contribution in [0.5, 0.6) is 0 Å². The monoisotopic (exact) mass is 661 g/mol. The number of nitrogens with two attached hydrogens (primary N) is 1. The minimum absolute atomic E-state index is 0.331. The van der Waals surface area contributed by atoms with E-state index in [-0.39, 0.29) is 0 Å². The second-order valence-corrected chi connectivity index (χ2v) is 14.1. The second-order valence-electron chi connectivity index (χ2n) is 10.7. The van der Waals surface area contributed by atoms with E-state index in [1.165, 1.54) is 12.8 Å². The first kappa shape index (κ1) is 47.1. The van der Waals surface area contributed by atoms with Crippen LogP contribution in [0, 0.1) is 0 Å². The van der Waals surface area contributed by atoms with Crippen molar-refractivity contribution in [1.82, 2.24) is 4.72 Å². The fraction of sp³-hybridized carbons (Fsp3) is 0.706. The van der Waals surface area contributed by atoms with Crippen LogP contribution in [-0.4, -0.2) is 86.6 Å². The number of hydrogen-bond donors (Lipinski definition) is 2. The number of anilines is 1. The van der Waals surface area contributed by atoms with Gasteiger partial charge in [-0.2, -0.15) is 0 Å². The van der Waals surface area contributed by atoms with Gasteiger partial charge in [-0.15, -0.1) is 0 Å². The molecule has 0 saturated heterocycles. The van der Waals surface area contributed by atoms with E-state index in [0.29, 0.717) is 24.7 Å². The average Bonchev–Trinajstić information content (AvgIpc) is 2.97. The Morgan fingerprint density at radius 1 is 0.818 bits per heavy atom. The first-order valence-electron chi connectivity index (χ1n) is 16.6. The van der Waals surface area contributed by atoms with Gasteiger partial charge in [-0.3, -0.25) is 0 Å². The fourth-order valence-corrected chi connectivity index (χ4v) is 6.48. The molecule has 260 valence electrons. The van der Waals surface area contributed by atoms with Crippen molar-refractivity contribution in [3.05, 3.63) is 36.4 Å². The van der Waals surface area contributed by atoms with E-state index in [0.717, 1.165) is 59.6 Å². The third-order valence-electron chi connectivity index (χ3n) is 5.51. The summed E-state index contributed by atoms with van der Waals surface area (Å²) in [6.45, 7) is 22.8. The Bertz CT molecular complexity index is 1030. The minimum atomic E-state index is -3.59. The van der Waals surface area contributed by atoms with Crippen LogP contribution in [0.2, 0.25) is 0 Å². The molecular formula is C34H70N4O4PS+. The molecule has 2 aromatic carbocycles. The third-order valence-corrected chi connectivity index (χ3v) is 8.81. The average molecular weight is 662 g/mol. The van der Waals surface area contributed by atoms with Crippen LogP contribution in [0.15, 0.2) is 41.3 Å². The number of quaternary nitrogens is 1. The minimum Gasteiger partial charge on any atom is -0.377 e. The van der Waals surface area contributed by atoms with Crippen LogP contribution < -0.4 is 15.4 Å². The van der Waals surface area contributed by atoms with Crippen LogP contribution in [0.25, 0.3) is 10.8 Å². The van der Waals surface area contributed by atoms with Crippen molar-refractivity contribution in [3.8, 4) is 0 Å². The maximum Gasteiger partial charge on any atom is 0.241 e. The Balaban J connectivity index is -0.00000134. The molecule has 8 nitrogen and oxygen atoms in total. The SMILES string of the molecule is CC.CCC.CCC.CCN.CCOP(CCC[N+](C)(C)CCCNS(=O)(=O)c1cccc2c(N(C)C)cccc12)OCC. The quantitative estimate of drug-likeness (QED) is 0.113. The summed E-state index contributed by atoms with van der Waals surface area (Å²) in [5.41, 5.74) is 5.85. The molecule has 2 rings (SSSR count). The summed E-state index contributed by atoms with van der Waals surface area (Å²) >= 11 is 0. The highest BCUT2D eigenvalue weighted by Crippen LogP contribution is 2.38. The first-order valence-corrected chi connectivity index (χ1v) is 19.4. The number of benzene rings is 2. The number of rotatable bonds is 15. The smallest absolute Gasteiger partial charge is 0.241 e. The van der Waals surface area contributed by atoms with Crippen LogP contribution in [0.1, 0.15) is 88.0 Å². The lowest BCUT2D eigenvalue weighted by atomic mass is 10.1. The van der Waals surface area contributed by atoms with Crippen molar-refractivity contribution in [2.75, 3.05) is 78.6 Å². The van der Waals surface area contributed by atoms with Crippen LogP contribution in [-0.2, 0) is 19.1 Å². The predicted molar refractivity (Wildman–Crippen MR) is 198 cm³/mol. The maximum atomic E-state index is 13.1. The third kappa shape index (κ3) is 21.4. The van der Waals surface area contributed by atoms with Gasteiger partial charge in [0.25, 0.3) is 0 Å². The lowest BCUT2D eigenvalue weighted by molar-refractivity contribution is -0.890. The molecule has 10 heteroatoms. The van der Waals surface area contributed by atoms with Gasteiger partial charge in [0.1, 0.15) is 0 Å². The van der Waals surface area contributed by atoms with Crippen molar-refractivity contribution in [2.24, 2.45) is 5.73 Å². The second kappa shape index (κ2) is 29.1. The molecule has 0 atom stereocenters. The number of hydrogen-bond acceptors (Lipinski definition) is 6. The molecule has 0 fully saturated rings. The van der Waals surface area contributed by atoms with Gasteiger partial charge in [0.15, 0.2) is 8.38 Å². The molecule has 0 amide bonds. The molecule has 0 radical (unpaired) electrons. The van der Waals surface area contributed by atoms with Gasteiger partial charge >= 0.3 is 0 Å². The largest absolute Gasteiger partial charge is 0.377 e. The number of fused-ring (bicyclic) bond motifs is 1. The molecule has 0 aliphatic rings. The highest BCUT2D eigenvalue weighted by molar-refractivity contribution is 7.89. The van der Waals surface area contributed by atoms with Crippen LogP contribution >= 0.6 is 8.38 Å². The summed E-state index contributed by atoms with van der Waals surface area (Å²) in [4.78, 5) is 2.33. The molecule has 0 aliphatic carbocycles. The molecule has 0 unspecified atom stereocenters. The molecule has 0 saturated carbocycles. The van der Waals surface area contributed by atoms with E-state index < -0.39 is 18.4 Å². The summed E-state index contributed by atoms with van der Waals surface area (Å²) < 4.78 is 41.1. The highest BCUT2D eigenvalue weighted by Gasteiger charge is 2.20. The lowest BCUT2D eigenvalue weighted by Gasteiger charge is -2.30. The van der Waals surface area contributed by atoms with Crippen molar-refractivity contribution in [3.63, 3.8) is 0 Å². The van der Waals surface area contributed by atoms with Crippen molar-refractivity contribution < 1.29 is 21.9 Å². The fourth-order valence-electron chi connectivity index (χ4n) is 3.87. The van der Waals surface area contributed by atoms with Gasteiger partial charge in [0.05, 0.1) is 45.3 Å². The zero-order valence-electron chi connectivity index (χ0n) is 30.7. The predicted octanol–water partition coefficient (Wildman–Crippen LogP) is 8.25. The zero-order valence-corrected chi connectivity index (χ0v) is 32.4. The molecule has 0 spiro atoms. The Kier molecular flexibility index (Phi) is 31.2. The summed E-state index contributed by atoms with van der Waals surface area (Å²) in [5, 5.41) is 1.68. The van der Waals surface area contributed by atoms with E-state index in [2.05, 4.69) is 46.5 Å². The Labute approximate surface area is 274 Å². The topological polar surface area (TPSA) is 93.9 Å². The normalized spacial score (nSPS) is 10.8. The van der Waals surface area contributed by atoms with E-state index >= 15 is 0 Å². The van der Waals surface area contributed by atoms with Gasteiger partial charge in [-0.1, -0.05) is 85.6 Å². The van der Waals surface area contributed by atoms with Gasteiger partial charge in [-0.05, 0) is 32.5 Å². The first-order chi connectivity index (χ1) is 20.9. The van der Waals surface area contributed by atoms with Crippen LogP contribution in [0.3, 0.4) is 0 Å². The van der Waals surface area contributed by atoms with Gasteiger partial charge in [0.2, 0.25) is 10.0 Å².